The largest absolute Gasteiger partial charge is 0.367 e. The lowest BCUT2D eigenvalue weighted by Gasteiger charge is -2.26. The quantitative estimate of drug-likeness (QED) is 0.882. The first kappa shape index (κ1) is 14.8. The van der Waals surface area contributed by atoms with E-state index in [1.165, 1.54) is 16.8 Å². The molecule has 1 N–H and O–H groups in total. The monoisotopic (exact) mass is 289 g/mol. The van der Waals surface area contributed by atoms with Crippen molar-refractivity contribution in [2.75, 3.05) is 18.5 Å². The van der Waals surface area contributed by atoms with E-state index in [2.05, 4.69) is 40.3 Å². The summed E-state index contributed by atoms with van der Waals surface area (Å²) in [6.07, 6.45) is 3.67. The summed E-state index contributed by atoms with van der Waals surface area (Å²) in [5, 5.41) is 3.98. The summed E-state index contributed by atoms with van der Waals surface area (Å²) in [6, 6.07) is 10.2. The van der Waals surface area contributed by atoms with Gasteiger partial charge in [-0.3, -0.25) is 4.98 Å². The number of nitrogens with zero attached hydrogens (tertiary/aromatic N) is 2. The van der Waals surface area contributed by atoms with Crippen LogP contribution < -0.4 is 10.2 Å². The molecule has 0 unspecified atom stereocenters. The van der Waals surface area contributed by atoms with Crippen LogP contribution in [0.4, 0.5) is 5.69 Å². The van der Waals surface area contributed by atoms with Crippen molar-refractivity contribution in [1.29, 1.82) is 0 Å². The average molecular weight is 290 g/mol. The normalized spacial score (nSPS) is 10.6. The van der Waals surface area contributed by atoms with Gasteiger partial charge in [0, 0.05) is 42.7 Å². The number of halogens is 1. The lowest BCUT2D eigenvalue weighted by atomic mass is 10.1. The highest BCUT2D eigenvalue weighted by Crippen LogP contribution is 2.25. The Bertz CT molecular complexity index is 543. The second-order valence-corrected chi connectivity index (χ2v) is 5.11. The van der Waals surface area contributed by atoms with Gasteiger partial charge in [0.25, 0.3) is 0 Å². The number of anilines is 1. The number of hydrogen-bond donors (Lipinski definition) is 1. The minimum Gasteiger partial charge on any atom is -0.367 e. The Morgan fingerprint density at radius 3 is 2.60 bits per heavy atom. The highest BCUT2D eigenvalue weighted by atomic mass is 35.5. The van der Waals surface area contributed by atoms with Gasteiger partial charge in [0.05, 0.1) is 0 Å². The number of hydrogen-bond acceptors (Lipinski definition) is 3. The van der Waals surface area contributed by atoms with E-state index in [0.29, 0.717) is 0 Å². The molecule has 0 fully saturated rings. The molecule has 3 nitrogen and oxygen atoms in total. The fourth-order valence-corrected chi connectivity index (χ4v) is 2.47. The molecule has 0 aliphatic rings. The number of pyridine rings is 1. The number of benzene rings is 1. The van der Waals surface area contributed by atoms with Gasteiger partial charge >= 0.3 is 0 Å². The highest BCUT2D eigenvalue weighted by Gasteiger charge is 2.10. The molecule has 1 heterocycles. The summed E-state index contributed by atoms with van der Waals surface area (Å²) in [7, 11) is 1.95. The lowest BCUT2D eigenvalue weighted by Crippen LogP contribution is -2.24. The Morgan fingerprint density at radius 1 is 1.20 bits per heavy atom. The van der Waals surface area contributed by atoms with Gasteiger partial charge in [0.15, 0.2) is 0 Å². The van der Waals surface area contributed by atoms with E-state index < -0.39 is 0 Å². The van der Waals surface area contributed by atoms with Gasteiger partial charge in [-0.2, -0.15) is 0 Å². The molecule has 0 spiro atoms. The maximum absolute atomic E-state index is 6.11. The summed E-state index contributed by atoms with van der Waals surface area (Å²) >= 11 is 6.11. The molecule has 0 radical (unpaired) electrons. The second kappa shape index (κ2) is 7.27. The minimum atomic E-state index is 0.777. The molecule has 0 atom stereocenters. The molecular weight excluding hydrogens is 270 g/mol. The van der Waals surface area contributed by atoms with Gasteiger partial charge in [-0.25, -0.2) is 0 Å². The number of nitrogens with one attached hydrogen (secondary N) is 1. The zero-order valence-corrected chi connectivity index (χ0v) is 12.7. The summed E-state index contributed by atoms with van der Waals surface area (Å²) in [4.78, 5) is 6.41. The van der Waals surface area contributed by atoms with Crippen molar-refractivity contribution in [3.8, 4) is 0 Å². The first-order chi connectivity index (χ1) is 9.74. The van der Waals surface area contributed by atoms with Gasteiger partial charge in [-0.1, -0.05) is 11.6 Å². The second-order valence-electron chi connectivity index (χ2n) is 4.67. The van der Waals surface area contributed by atoms with E-state index in [0.717, 1.165) is 24.7 Å². The summed E-state index contributed by atoms with van der Waals surface area (Å²) in [5.74, 6) is 0. The Hall–Kier alpha value is -1.58. The van der Waals surface area contributed by atoms with Crippen LogP contribution in [0.3, 0.4) is 0 Å². The molecule has 0 aliphatic carbocycles. The minimum absolute atomic E-state index is 0.777. The van der Waals surface area contributed by atoms with Crippen LogP contribution in [-0.2, 0) is 13.1 Å². The molecule has 0 aliphatic heterocycles. The topological polar surface area (TPSA) is 28.2 Å². The van der Waals surface area contributed by atoms with Crippen molar-refractivity contribution in [3.05, 3.63) is 58.9 Å². The van der Waals surface area contributed by atoms with Crippen molar-refractivity contribution >= 4 is 17.3 Å². The van der Waals surface area contributed by atoms with E-state index >= 15 is 0 Å². The van der Waals surface area contributed by atoms with Crippen LogP contribution in [-0.4, -0.2) is 18.6 Å². The van der Waals surface area contributed by atoms with Crippen LogP contribution in [0.1, 0.15) is 18.1 Å². The van der Waals surface area contributed by atoms with Crippen LogP contribution in [0.15, 0.2) is 42.7 Å². The zero-order chi connectivity index (χ0) is 14.4. The third-order valence-corrected chi connectivity index (χ3v) is 3.49. The smallest absolute Gasteiger partial charge is 0.0430 e. The van der Waals surface area contributed by atoms with E-state index in [4.69, 9.17) is 11.6 Å². The summed E-state index contributed by atoms with van der Waals surface area (Å²) < 4.78 is 0. The lowest BCUT2D eigenvalue weighted by molar-refractivity contribution is 0.784. The SMILES string of the molecule is CCN(Cc1ccncc1)c1ccc(Cl)cc1CNC. The molecule has 4 heteroatoms. The number of aromatic nitrogens is 1. The first-order valence-electron chi connectivity index (χ1n) is 6.81. The molecule has 20 heavy (non-hydrogen) atoms. The van der Waals surface area contributed by atoms with Crippen LogP contribution in [0.2, 0.25) is 5.02 Å². The van der Waals surface area contributed by atoms with Crippen molar-refractivity contribution in [3.63, 3.8) is 0 Å². The fraction of sp³-hybridized carbons (Fsp3) is 0.312. The molecule has 0 saturated heterocycles. The van der Waals surface area contributed by atoms with E-state index in [9.17, 15) is 0 Å². The van der Waals surface area contributed by atoms with Gasteiger partial charge in [0.2, 0.25) is 0 Å². The molecule has 0 amide bonds. The molecule has 1 aromatic carbocycles. The maximum Gasteiger partial charge on any atom is 0.0430 e. The summed E-state index contributed by atoms with van der Waals surface area (Å²) in [6.45, 7) is 4.79. The van der Waals surface area contributed by atoms with Crippen molar-refractivity contribution in [2.24, 2.45) is 0 Å². The Kier molecular flexibility index (Phi) is 5.39. The third-order valence-electron chi connectivity index (χ3n) is 3.25. The molecule has 2 aromatic rings. The van der Waals surface area contributed by atoms with E-state index in [1.807, 2.05) is 31.6 Å². The van der Waals surface area contributed by atoms with Crippen LogP contribution in [0.25, 0.3) is 0 Å². The molecular formula is C16H20ClN3. The van der Waals surface area contributed by atoms with Crippen molar-refractivity contribution in [1.82, 2.24) is 10.3 Å². The molecule has 0 bridgehead atoms. The zero-order valence-electron chi connectivity index (χ0n) is 11.9. The maximum atomic E-state index is 6.11. The van der Waals surface area contributed by atoms with Crippen LogP contribution >= 0.6 is 11.6 Å². The molecule has 106 valence electrons. The molecule has 0 saturated carbocycles. The average Bonchev–Trinajstić information content (AvgIpc) is 2.47. The van der Waals surface area contributed by atoms with Crippen molar-refractivity contribution in [2.45, 2.75) is 20.0 Å². The summed E-state index contributed by atoms with van der Waals surface area (Å²) in [5.41, 5.74) is 3.70. The standard InChI is InChI=1S/C16H20ClN3/c1-3-20(12-13-6-8-19-9-7-13)16-5-4-15(17)10-14(16)11-18-2/h4-10,18H,3,11-12H2,1-2H3. The predicted octanol–water partition coefficient (Wildman–Crippen LogP) is 3.48. The highest BCUT2D eigenvalue weighted by molar-refractivity contribution is 6.30. The number of rotatable bonds is 6. The van der Waals surface area contributed by atoms with Crippen LogP contribution in [0, 0.1) is 0 Å². The first-order valence-corrected chi connectivity index (χ1v) is 7.19. The van der Waals surface area contributed by atoms with Gasteiger partial charge in [0.1, 0.15) is 0 Å². The Labute approximate surface area is 125 Å². The van der Waals surface area contributed by atoms with E-state index in [1.54, 1.807) is 0 Å². The van der Waals surface area contributed by atoms with Gasteiger partial charge in [-0.05, 0) is 55.4 Å². The Balaban J connectivity index is 2.27. The fourth-order valence-electron chi connectivity index (χ4n) is 2.27. The van der Waals surface area contributed by atoms with Crippen molar-refractivity contribution < 1.29 is 0 Å². The molecule has 1 aromatic heterocycles. The van der Waals surface area contributed by atoms with Gasteiger partial charge < -0.3 is 10.2 Å². The third kappa shape index (κ3) is 3.71. The predicted molar refractivity (Wildman–Crippen MR) is 85.2 cm³/mol. The molecule has 2 rings (SSSR count). The Morgan fingerprint density at radius 2 is 1.95 bits per heavy atom. The van der Waals surface area contributed by atoms with Crippen LogP contribution in [0.5, 0.6) is 0 Å². The van der Waals surface area contributed by atoms with E-state index in [-0.39, 0.29) is 0 Å². The van der Waals surface area contributed by atoms with Gasteiger partial charge in [-0.15, -0.1) is 0 Å².